The molecule has 31 heavy (non-hydrogen) atoms. The number of hydrogen-bond donors (Lipinski definition) is 3. The number of rotatable bonds is 7. The molecule has 6 heteroatoms. The summed E-state index contributed by atoms with van der Waals surface area (Å²) in [7, 11) is 0. The Labute approximate surface area is 182 Å². The minimum atomic E-state index is -0.704. The molecule has 1 aromatic heterocycles. The Bertz CT molecular complexity index is 1010. The van der Waals surface area contributed by atoms with Gasteiger partial charge in [-0.15, -0.1) is 0 Å². The van der Waals surface area contributed by atoms with E-state index in [1.54, 1.807) is 0 Å². The van der Waals surface area contributed by atoms with Crippen molar-refractivity contribution >= 4 is 22.9 Å². The van der Waals surface area contributed by atoms with Gasteiger partial charge in [0.1, 0.15) is 12.6 Å². The number of fused-ring (bicyclic) bond motifs is 1. The van der Waals surface area contributed by atoms with Crippen molar-refractivity contribution in [2.45, 2.75) is 57.2 Å². The van der Waals surface area contributed by atoms with Crippen LogP contribution >= 0.6 is 0 Å². The van der Waals surface area contributed by atoms with Crippen molar-refractivity contribution in [3.05, 3.63) is 71.9 Å². The second-order valence-electron chi connectivity index (χ2n) is 8.17. The molecule has 1 atom stereocenters. The van der Waals surface area contributed by atoms with Crippen LogP contribution in [0.2, 0.25) is 0 Å². The van der Waals surface area contributed by atoms with Crippen LogP contribution < -0.4 is 10.6 Å². The summed E-state index contributed by atoms with van der Waals surface area (Å²) in [5.41, 5.74) is 2.90. The molecule has 1 aliphatic rings. The predicted molar refractivity (Wildman–Crippen MR) is 121 cm³/mol. The first-order valence-corrected chi connectivity index (χ1v) is 11.0. The van der Waals surface area contributed by atoms with Crippen molar-refractivity contribution in [1.29, 1.82) is 0 Å². The van der Waals surface area contributed by atoms with Crippen LogP contribution in [0, 0.1) is 0 Å². The largest absolute Gasteiger partial charge is 0.445 e. The molecule has 0 bridgehead atoms. The number of para-hydroxylation sites is 1. The van der Waals surface area contributed by atoms with Gasteiger partial charge in [-0.1, -0.05) is 67.8 Å². The summed E-state index contributed by atoms with van der Waals surface area (Å²) in [5.74, 6) is -0.158. The molecule has 1 saturated carbocycles. The third kappa shape index (κ3) is 5.66. The number of alkyl carbamates (subject to hydrolysis) is 1. The zero-order valence-electron chi connectivity index (χ0n) is 17.6. The number of nitrogens with one attached hydrogen (secondary N) is 3. The lowest BCUT2D eigenvalue weighted by atomic mass is 9.95. The van der Waals surface area contributed by atoms with Crippen molar-refractivity contribution in [3.8, 4) is 0 Å². The molecule has 2 amide bonds. The zero-order chi connectivity index (χ0) is 21.5. The van der Waals surface area contributed by atoms with E-state index in [1.807, 2.05) is 60.8 Å². The molecule has 0 aliphatic heterocycles. The summed E-state index contributed by atoms with van der Waals surface area (Å²) >= 11 is 0. The fraction of sp³-hybridized carbons (Fsp3) is 0.360. The highest BCUT2D eigenvalue weighted by Gasteiger charge is 2.26. The minimum absolute atomic E-state index is 0.158. The first-order valence-electron chi connectivity index (χ1n) is 11.0. The molecule has 3 aromatic rings. The molecule has 3 N–H and O–H groups in total. The third-order valence-electron chi connectivity index (χ3n) is 5.87. The van der Waals surface area contributed by atoms with Crippen LogP contribution in [-0.4, -0.2) is 29.1 Å². The Balaban J connectivity index is 1.44. The Morgan fingerprint density at radius 2 is 1.74 bits per heavy atom. The number of carbonyl (C=O) groups excluding carboxylic acids is 2. The maximum absolute atomic E-state index is 13.1. The number of ether oxygens (including phenoxy) is 1. The van der Waals surface area contributed by atoms with E-state index >= 15 is 0 Å². The molecule has 0 unspecified atom stereocenters. The van der Waals surface area contributed by atoms with E-state index in [9.17, 15) is 9.59 Å². The Morgan fingerprint density at radius 3 is 2.55 bits per heavy atom. The lowest BCUT2D eigenvalue weighted by Gasteiger charge is -2.26. The summed E-state index contributed by atoms with van der Waals surface area (Å²) in [6.45, 7) is 0.163. The van der Waals surface area contributed by atoms with Crippen LogP contribution in [0.5, 0.6) is 0 Å². The number of aromatic nitrogens is 1. The van der Waals surface area contributed by atoms with E-state index in [2.05, 4.69) is 15.6 Å². The molecule has 6 nitrogen and oxygen atoms in total. The van der Waals surface area contributed by atoms with E-state index in [0.717, 1.165) is 47.7 Å². The van der Waals surface area contributed by atoms with Crippen molar-refractivity contribution in [3.63, 3.8) is 0 Å². The first kappa shape index (κ1) is 21.0. The fourth-order valence-corrected chi connectivity index (χ4v) is 4.19. The second kappa shape index (κ2) is 10.2. The summed E-state index contributed by atoms with van der Waals surface area (Å²) in [6.07, 6.45) is 7.16. The molecule has 0 saturated heterocycles. The molecule has 4 rings (SSSR count). The van der Waals surface area contributed by atoms with E-state index in [0.29, 0.717) is 6.42 Å². The standard InChI is InChI=1S/C25H29N3O3/c29-24(27-20-11-5-2-6-12-20)23(15-19-16-26-22-14-8-7-13-21(19)22)28-25(30)31-17-18-9-3-1-4-10-18/h1,3-4,7-10,13-14,16,20,23,26H,2,5-6,11-12,15,17H2,(H,27,29)(H,28,30)/t23-/m0/s1. The van der Waals surface area contributed by atoms with E-state index in [-0.39, 0.29) is 18.6 Å². The van der Waals surface area contributed by atoms with Crippen LogP contribution in [0.1, 0.15) is 43.2 Å². The van der Waals surface area contributed by atoms with Gasteiger partial charge in [0.15, 0.2) is 0 Å². The molecule has 1 fully saturated rings. The van der Waals surface area contributed by atoms with Crippen molar-refractivity contribution < 1.29 is 14.3 Å². The normalized spacial score (nSPS) is 15.4. The fourth-order valence-electron chi connectivity index (χ4n) is 4.19. The van der Waals surface area contributed by atoms with E-state index < -0.39 is 12.1 Å². The molecular formula is C25H29N3O3. The average Bonchev–Trinajstić information content (AvgIpc) is 3.21. The van der Waals surface area contributed by atoms with Gasteiger partial charge in [0, 0.05) is 29.6 Å². The van der Waals surface area contributed by atoms with Gasteiger partial charge in [-0.3, -0.25) is 4.79 Å². The molecule has 2 aromatic carbocycles. The number of aromatic amines is 1. The Hall–Kier alpha value is -3.28. The van der Waals surface area contributed by atoms with Crippen molar-refractivity contribution in [1.82, 2.24) is 15.6 Å². The summed E-state index contributed by atoms with van der Waals surface area (Å²) in [6, 6.07) is 16.9. The topological polar surface area (TPSA) is 83.2 Å². The number of benzene rings is 2. The smallest absolute Gasteiger partial charge is 0.408 e. The monoisotopic (exact) mass is 419 g/mol. The number of carbonyl (C=O) groups is 2. The zero-order valence-corrected chi connectivity index (χ0v) is 17.6. The van der Waals surface area contributed by atoms with Crippen molar-refractivity contribution in [2.24, 2.45) is 0 Å². The molecular weight excluding hydrogens is 390 g/mol. The van der Waals surface area contributed by atoms with Gasteiger partial charge in [-0.25, -0.2) is 4.79 Å². The number of H-pyrrole nitrogens is 1. The van der Waals surface area contributed by atoms with Gasteiger partial charge in [0.2, 0.25) is 5.91 Å². The van der Waals surface area contributed by atoms with Gasteiger partial charge in [0.25, 0.3) is 0 Å². The molecule has 1 aliphatic carbocycles. The highest BCUT2D eigenvalue weighted by molar-refractivity contribution is 5.88. The molecule has 0 spiro atoms. The summed E-state index contributed by atoms with van der Waals surface area (Å²) in [4.78, 5) is 28.8. The summed E-state index contributed by atoms with van der Waals surface area (Å²) < 4.78 is 5.37. The highest BCUT2D eigenvalue weighted by atomic mass is 16.5. The van der Waals surface area contributed by atoms with Gasteiger partial charge in [0.05, 0.1) is 0 Å². The van der Waals surface area contributed by atoms with Crippen LogP contribution in [0.4, 0.5) is 4.79 Å². The quantitative estimate of drug-likeness (QED) is 0.529. The van der Waals surface area contributed by atoms with Gasteiger partial charge in [-0.2, -0.15) is 0 Å². The number of hydrogen-bond acceptors (Lipinski definition) is 3. The maximum atomic E-state index is 13.1. The second-order valence-corrected chi connectivity index (χ2v) is 8.17. The van der Waals surface area contributed by atoms with Crippen molar-refractivity contribution in [2.75, 3.05) is 0 Å². The molecule has 0 radical (unpaired) electrons. The lowest BCUT2D eigenvalue weighted by Crippen LogP contribution is -2.51. The first-order chi connectivity index (χ1) is 15.2. The Morgan fingerprint density at radius 1 is 1.00 bits per heavy atom. The van der Waals surface area contributed by atoms with Gasteiger partial charge in [-0.05, 0) is 30.0 Å². The SMILES string of the molecule is O=C(N[C@@H](Cc1c[nH]c2ccccc12)C(=O)NC1CCCCC1)OCc1ccccc1. The van der Waals surface area contributed by atoms with Crippen LogP contribution in [0.15, 0.2) is 60.8 Å². The maximum Gasteiger partial charge on any atom is 0.408 e. The molecule has 1 heterocycles. The van der Waals surface area contributed by atoms with Gasteiger partial charge < -0.3 is 20.4 Å². The minimum Gasteiger partial charge on any atom is -0.445 e. The Kier molecular flexibility index (Phi) is 6.87. The number of amides is 2. The summed E-state index contributed by atoms with van der Waals surface area (Å²) in [5, 5.41) is 6.98. The molecule has 162 valence electrons. The third-order valence-corrected chi connectivity index (χ3v) is 5.87. The van der Waals surface area contributed by atoms with Crippen LogP contribution in [-0.2, 0) is 22.6 Å². The van der Waals surface area contributed by atoms with Crippen LogP contribution in [0.3, 0.4) is 0 Å². The lowest BCUT2D eigenvalue weighted by molar-refractivity contribution is -0.124. The average molecular weight is 420 g/mol. The van der Waals surface area contributed by atoms with Crippen LogP contribution in [0.25, 0.3) is 10.9 Å². The van der Waals surface area contributed by atoms with E-state index in [4.69, 9.17) is 4.74 Å². The van der Waals surface area contributed by atoms with Gasteiger partial charge >= 0.3 is 6.09 Å². The highest BCUT2D eigenvalue weighted by Crippen LogP contribution is 2.20. The van der Waals surface area contributed by atoms with E-state index in [1.165, 1.54) is 6.42 Å². The predicted octanol–water partition coefficient (Wildman–Crippen LogP) is 4.45.